The highest BCUT2D eigenvalue weighted by atomic mass is 15.3. The summed E-state index contributed by atoms with van der Waals surface area (Å²) in [6.07, 6.45) is 1.99. The molecule has 1 heterocycles. The summed E-state index contributed by atoms with van der Waals surface area (Å²) in [5, 5.41) is 7.78. The smallest absolute Gasteiger partial charge is 0.0665 e. The number of hydrogen-bond donors (Lipinski definition) is 1. The number of aromatic nitrogens is 2. The maximum absolute atomic E-state index is 4.57. The molecule has 2 aromatic rings. The van der Waals surface area contributed by atoms with E-state index in [9.17, 15) is 0 Å². The van der Waals surface area contributed by atoms with Gasteiger partial charge in [0.1, 0.15) is 0 Å². The number of benzene rings is 1. The minimum Gasteiger partial charge on any atom is -0.316 e. The van der Waals surface area contributed by atoms with Gasteiger partial charge in [0.25, 0.3) is 0 Å². The van der Waals surface area contributed by atoms with E-state index in [4.69, 9.17) is 0 Å². The van der Waals surface area contributed by atoms with Gasteiger partial charge in [0.05, 0.1) is 12.7 Å². The summed E-state index contributed by atoms with van der Waals surface area (Å²) in [7, 11) is 1.97. The van der Waals surface area contributed by atoms with E-state index in [-0.39, 0.29) is 0 Å². The first kappa shape index (κ1) is 13.8. The fourth-order valence-corrected chi connectivity index (χ4v) is 2.50. The SMILES string of the molecule is CNCc1cnn(Cc2ccccc2C)c1C(C)C. The van der Waals surface area contributed by atoms with E-state index >= 15 is 0 Å². The average Bonchev–Trinajstić information content (AvgIpc) is 2.76. The molecule has 0 unspecified atom stereocenters. The van der Waals surface area contributed by atoms with E-state index in [1.165, 1.54) is 22.4 Å². The van der Waals surface area contributed by atoms with Crippen LogP contribution in [0.15, 0.2) is 30.5 Å². The van der Waals surface area contributed by atoms with Crippen LogP contribution < -0.4 is 5.32 Å². The van der Waals surface area contributed by atoms with Crippen LogP contribution in [0.2, 0.25) is 0 Å². The maximum atomic E-state index is 4.57. The van der Waals surface area contributed by atoms with Crippen LogP contribution >= 0.6 is 0 Å². The van der Waals surface area contributed by atoms with Crippen LogP contribution in [0.4, 0.5) is 0 Å². The van der Waals surface area contributed by atoms with E-state index in [0.29, 0.717) is 5.92 Å². The Morgan fingerprint density at radius 2 is 1.95 bits per heavy atom. The highest BCUT2D eigenvalue weighted by Crippen LogP contribution is 2.21. The second-order valence-corrected chi connectivity index (χ2v) is 5.32. The van der Waals surface area contributed by atoms with Gasteiger partial charge in [0, 0.05) is 17.8 Å². The number of hydrogen-bond acceptors (Lipinski definition) is 2. The minimum atomic E-state index is 0.481. The Balaban J connectivity index is 2.33. The lowest BCUT2D eigenvalue weighted by Gasteiger charge is -2.14. The fourth-order valence-electron chi connectivity index (χ4n) is 2.50. The molecule has 0 amide bonds. The summed E-state index contributed by atoms with van der Waals surface area (Å²) >= 11 is 0. The van der Waals surface area contributed by atoms with Gasteiger partial charge in [-0.3, -0.25) is 4.68 Å². The van der Waals surface area contributed by atoms with Gasteiger partial charge in [-0.2, -0.15) is 5.10 Å². The Morgan fingerprint density at radius 1 is 1.21 bits per heavy atom. The summed E-state index contributed by atoms with van der Waals surface area (Å²) in [6, 6.07) is 8.51. The Bertz CT molecular complexity index is 541. The molecular formula is C16H23N3. The molecular weight excluding hydrogens is 234 g/mol. The van der Waals surface area contributed by atoms with Gasteiger partial charge < -0.3 is 5.32 Å². The van der Waals surface area contributed by atoms with Gasteiger partial charge >= 0.3 is 0 Å². The Morgan fingerprint density at radius 3 is 2.58 bits per heavy atom. The molecule has 1 aromatic carbocycles. The second-order valence-electron chi connectivity index (χ2n) is 5.32. The van der Waals surface area contributed by atoms with Gasteiger partial charge in [-0.25, -0.2) is 0 Å². The van der Waals surface area contributed by atoms with Crippen LogP contribution in [0.25, 0.3) is 0 Å². The number of rotatable bonds is 5. The van der Waals surface area contributed by atoms with Crippen molar-refractivity contribution in [1.82, 2.24) is 15.1 Å². The maximum Gasteiger partial charge on any atom is 0.0665 e. The molecule has 0 fully saturated rings. The molecule has 3 heteroatoms. The first-order chi connectivity index (χ1) is 9.13. The summed E-state index contributed by atoms with van der Waals surface area (Å²) in [4.78, 5) is 0. The second kappa shape index (κ2) is 6.02. The van der Waals surface area contributed by atoms with E-state index in [2.05, 4.69) is 60.1 Å². The number of aryl methyl sites for hydroxylation is 1. The largest absolute Gasteiger partial charge is 0.316 e. The van der Waals surface area contributed by atoms with Crippen molar-refractivity contribution < 1.29 is 0 Å². The molecule has 0 radical (unpaired) electrons. The van der Waals surface area contributed by atoms with Crippen molar-refractivity contribution in [1.29, 1.82) is 0 Å². The molecule has 0 aliphatic rings. The molecule has 0 bridgehead atoms. The molecule has 0 aliphatic heterocycles. The summed E-state index contributed by atoms with van der Waals surface area (Å²) < 4.78 is 2.14. The van der Waals surface area contributed by atoms with Gasteiger partial charge in [0.15, 0.2) is 0 Å². The first-order valence-electron chi connectivity index (χ1n) is 6.87. The van der Waals surface area contributed by atoms with E-state index < -0.39 is 0 Å². The average molecular weight is 257 g/mol. The Kier molecular flexibility index (Phi) is 4.38. The molecule has 2 rings (SSSR count). The minimum absolute atomic E-state index is 0.481. The van der Waals surface area contributed by atoms with Crippen LogP contribution in [0.1, 0.15) is 42.1 Å². The summed E-state index contributed by atoms with van der Waals surface area (Å²) in [6.45, 7) is 8.34. The lowest BCUT2D eigenvalue weighted by molar-refractivity contribution is 0.610. The van der Waals surface area contributed by atoms with Gasteiger partial charge in [-0.1, -0.05) is 38.1 Å². The first-order valence-corrected chi connectivity index (χ1v) is 6.87. The predicted octanol–water partition coefficient (Wildman–Crippen LogP) is 3.08. The fraction of sp³-hybridized carbons (Fsp3) is 0.438. The van der Waals surface area contributed by atoms with Crippen molar-refractivity contribution in [2.45, 2.75) is 39.8 Å². The molecule has 1 aromatic heterocycles. The lowest BCUT2D eigenvalue weighted by Crippen LogP contribution is -2.12. The monoisotopic (exact) mass is 257 g/mol. The molecule has 0 spiro atoms. The predicted molar refractivity (Wildman–Crippen MR) is 79.4 cm³/mol. The van der Waals surface area contributed by atoms with Crippen molar-refractivity contribution in [3.8, 4) is 0 Å². The van der Waals surface area contributed by atoms with Gasteiger partial charge in [-0.05, 0) is 31.0 Å². The summed E-state index contributed by atoms with van der Waals surface area (Å²) in [5.74, 6) is 0.481. The third kappa shape index (κ3) is 3.04. The van der Waals surface area contributed by atoms with Gasteiger partial charge in [-0.15, -0.1) is 0 Å². The molecule has 0 saturated heterocycles. The Labute approximate surface area is 115 Å². The van der Waals surface area contributed by atoms with E-state index in [1.54, 1.807) is 0 Å². The van der Waals surface area contributed by atoms with Gasteiger partial charge in [0.2, 0.25) is 0 Å². The topological polar surface area (TPSA) is 29.9 Å². The molecule has 0 atom stereocenters. The van der Waals surface area contributed by atoms with Crippen molar-refractivity contribution in [3.05, 3.63) is 52.8 Å². The van der Waals surface area contributed by atoms with Crippen LogP contribution in [0.5, 0.6) is 0 Å². The zero-order valence-electron chi connectivity index (χ0n) is 12.3. The third-order valence-electron chi connectivity index (χ3n) is 3.46. The molecule has 0 saturated carbocycles. The summed E-state index contributed by atoms with van der Waals surface area (Å²) in [5.41, 5.74) is 5.29. The molecule has 1 N–H and O–H groups in total. The van der Waals surface area contributed by atoms with Crippen molar-refractivity contribution >= 4 is 0 Å². The van der Waals surface area contributed by atoms with Crippen molar-refractivity contribution in [2.24, 2.45) is 0 Å². The molecule has 19 heavy (non-hydrogen) atoms. The number of nitrogens with zero attached hydrogens (tertiary/aromatic N) is 2. The molecule has 3 nitrogen and oxygen atoms in total. The highest BCUT2D eigenvalue weighted by molar-refractivity contribution is 5.28. The standard InChI is InChI=1S/C16H23N3/c1-12(2)16-15(9-17-4)10-18-19(16)11-14-8-6-5-7-13(14)3/h5-8,10,12,17H,9,11H2,1-4H3. The van der Waals surface area contributed by atoms with Crippen LogP contribution in [-0.4, -0.2) is 16.8 Å². The lowest BCUT2D eigenvalue weighted by atomic mass is 10.0. The number of nitrogens with one attached hydrogen (secondary N) is 1. The zero-order valence-corrected chi connectivity index (χ0v) is 12.3. The highest BCUT2D eigenvalue weighted by Gasteiger charge is 2.14. The van der Waals surface area contributed by atoms with E-state index in [1.807, 2.05) is 13.2 Å². The van der Waals surface area contributed by atoms with Crippen molar-refractivity contribution in [2.75, 3.05) is 7.05 Å². The molecule has 102 valence electrons. The zero-order chi connectivity index (χ0) is 13.8. The van der Waals surface area contributed by atoms with E-state index in [0.717, 1.165) is 13.1 Å². The van der Waals surface area contributed by atoms with Crippen LogP contribution in [0.3, 0.4) is 0 Å². The van der Waals surface area contributed by atoms with Crippen molar-refractivity contribution in [3.63, 3.8) is 0 Å². The van der Waals surface area contributed by atoms with Crippen LogP contribution in [-0.2, 0) is 13.1 Å². The molecule has 0 aliphatic carbocycles. The normalized spacial score (nSPS) is 11.2. The van der Waals surface area contributed by atoms with Crippen LogP contribution in [0, 0.1) is 6.92 Å². The quantitative estimate of drug-likeness (QED) is 0.892. The third-order valence-corrected chi connectivity index (χ3v) is 3.46. The Hall–Kier alpha value is -1.61.